The smallest absolute Gasteiger partial charge is 0.162 e. The summed E-state index contributed by atoms with van der Waals surface area (Å²) in [5.74, 6) is 1.42. The summed E-state index contributed by atoms with van der Waals surface area (Å²) in [5, 5.41) is 6.91. The predicted octanol–water partition coefficient (Wildman–Crippen LogP) is 13.6. The van der Waals surface area contributed by atoms with E-state index in [9.17, 15) is 0 Å². The number of fused-ring (bicyclic) bond motifs is 10. The summed E-state index contributed by atoms with van der Waals surface area (Å²) in [6.07, 6.45) is 0. The SMILES string of the molecule is c1ccc(-c2ccc(-c3nc(-c4cccc5c4oc4ccccc45)cc(-n4c5ccccc5c5c4ccc4c6ccccc6n(-c6ccccc6)c45)n3)cc2)cc1. The summed E-state index contributed by atoms with van der Waals surface area (Å²) >= 11 is 0. The van der Waals surface area contributed by atoms with E-state index in [1.165, 1.54) is 32.8 Å². The number of para-hydroxylation sites is 5. The second-order valence-electron chi connectivity index (χ2n) is 14.6. The Morgan fingerprint density at radius 2 is 1.04 bits per heavy atom. The van der Waals surface area contributed by atoms with Crippen LogP contribution in [0.2, 0.25) is 0 Å². The average Bonchev–Trinajstić information content (AvgIpc) is 3.95. The quantitative estimate of drug-likeness (QED) is 0.177. The highest BCUT2D eigenvalue weighted by atomic mass is 16.3. The highest BCUT2D eigenvalue weighted by molar-refractivity contribution is 6.26. The minimum Gasteiger partial charge on any atom is -0.455 e. The van der Waals surface area contributed by atoms with Crippen molar-refractivity contribution in [1.82, 2.24) is 19.1 Å². The molecule has 0 aliphatic rings. The van der Waals surface area contributed by atoms with Crippen LogP contribution in [0.5, 0.6) is 0 Å². The van der Waals surface area contributed by atoms with E-state index >= 15 is 0 Å². The summed E-state index contributed by atoms with van der Waals surface area (Å²) in [4.78, 5) is 10.7. The molecule has 0 saturated heterocycles. The Balaban J connectivity index is 1.16. The van der Waals surface area contributed by atoms with Crippen molar-refractivity contribution >= 4 is 65.6 Å². The maximum absolute atomic E-state index is 6.58. The summed E-state index contributed by atoms with van der Waals surface area (Å²) in [6, 6.07) is 68.2. The number of hydrogen-bond donors (Lipinski definition) is 0. The molecule has 8 aromatic carbocycles. The molecule has 0 amide bonds. The Hall–Kier alpha value is -7.76. The van der Waals surface area contributed by atoms with E-state index in [2.05, 4.69) is 185 Å². The number of furan rings is 1. The first-order valence-corrected chi connectivity index (χ1v) is 19.3. The molecular weight excluding hydrogens is 697 g/mol. The second kappa shape index (κ2) is 12.4. The minimum absolute atomic E-state index is 0.639. The molecular formula is C52H32N4O. The average molecular weight is 729 g/mol. The van der Waals surface area contributed by atoms with Gasteiger partial charge in [-0.15, -0.1) is 0 Å². The maximum Gasteiger partial charge on any atom is 0.162 e. The van der Waals surface area contributed by atoms with Crippen LogP contribution >= 0.6 is 0 Å². The minimum atomic E-state index is 0.639. The van der Waals surface area contributed by atoms with Crippen LogP contribution in [-0.2, 0) is 0 Å². The van der Waals surface area contributed by atoms with E-state index in [0.717, 1.165) is 72.2 Å². The van der Waals surface area contributed by atoms with Gasteiger partial charge in [-0.3, -0.25) is 4.57 Å². The van der Waals surface area contributed by atoms with E-state index < -0.39 is 0 Å². The molecule has 0 atom stereocenters. The number of benzene rings is 8. The predicted molar refractivity (Wildman–Crippen MR) is 234 cm³/mol. The molecule has 0 unspecified atom stereocenters. The summed E-state index contributed by atoms with van der Waals surface area (Å²) in [6.45, 7) is 0. The van der Waals surface area contributed by atoms with Crippen molar-refractivity contribution < 1.29 is 4.42 Å². The molecule has 0 saturated carbocycles. The van der Waals surface area contributed by atoms with Gasteiger partial charge in [0, 0.05) is 55.2 Å². The molecule has 0 radical (unpaired) electrons. The largest absolute Gasteiger partial charge is 0.455 e. The third kappa shape index (κ3) is 4.82. The van der Waals surface area contributed by atoms with Gasteiger partial charge in [-0.1, -0.05) is 146 Å². The summed E-state index contributed by atoms with van der Waals surface area (Å²) in [5.41, 5.74) is 12.2. The van der Waals surface area contributed by atoms with Crippen LogP contribution in [0.3, 0.4) is 0 Å². The first-order chi connectivity index (χ1) is 28.3. The van der Waals surface area contributed by atoms with Gasteiger partial charge in [0.25, 0.3) is 0 Å². The van der Waals surface area contributed by atoms with Gasteiger partial charge < -0.3 is 8.98 Å². The van der Waals surface area contributed by atoms with Crippen molar-refractivity contribution in [3.05, 3.63) is 194 Å². The van der Waals surface area contributed by atoms with Crippen LogP contribution in [0, 0.1) is 0 Å². The van der Waals surface area contributed by atoms with Crippen LogP contribution in [0.1, 0.15) is 0 Å². The van der Waals surface area contributed by atoms with Crippen molar-refractivity contribution in [3.63, 3.8) is 0 Å². The molecule has 0 spiro atoms. The molecule has 5 nitrogen and oxygen atoms in total. The van der Waals surface area contributed by atoms with Crippen molar-refractivity contribution in [2.75, 3.05) is 0 Å². The zero-order valence-corrected chi connectivity index (χ0v) is 30.7. The molecule has 5 heteroatoms. The van der Waals surface area contributed by atoms with Crippen LogP contribution in [0.25, 0.3) is 111 Å². The number of nitrogens with zero attached hydrogens (tertiary/aromatic N) is 4. The highest BCUT2D eigenvalue weighted by Crippen LogP contribution is 2.43. The molecule has 0 aliphatic carbocycles. The van der Waals surface area contributed by atoms with Crippen molar-refractivity contribution in [2.45, 2.75) is 0 Å². The van der Waals surface area contributed by atoms with Gasteiger partial charge in [0.05, 0.1) is 27.8 Å². The maximum atomic E-state index is 6.58. The molecule has 4 aromatic heterocycles. The fourth-order valence-electron chi connectivity index (χ4n) is 8.81. The highest BCUT2D eigenvalue weighted by Gasteiger charge is 2.23. The van der Waals surface area contributed by atoms with Gasteiger partial charge in [0.15, 0.2) is 5.82 Å². The van der Waals surface area contributed by atoms with E-state index in [-0.39, 0.29) is 0 Å². The Morgan fingerprint density at radius 3 is 1.84 bits per heavy atom. The van der Waals surface area contributed by atoms with E-state index in [1.807, 2.05) is 18.2 Å². The third-order valence-electron chi connectivity index (χ3n) is 11.4. The standard InChI is InChI=1S/C52H32N4O/c1-3-14-33(15-4-1)34-26-28-35(29-27-34)52-53-43(41-22-13-21-40-38-19-9-12-25-47(38)57-51(40)41)32-48(54-52)56-45-24-11-8-20-42(45)49-46(56)31-30-39-37-18-7-10-23-44(37)55(50(39)49)36-16-5-2-6-17-36/h1-32H. The fraction of sp³-hybridized carbons (Fsp3) is 0. The Bertz CT molecular complexity index is 3500. The lowest BCUT2D eigenvalue weighted by Crippen LogP contribution is -2.02. The van der Waals surface area contributed by atoms with Gasteiger partial charge in [0.2, 0.25) is 0 Å². The fourth-order valence-corrected chi connectivity index (χ4v) is 8.81. The molecule has 12 aromatic rings. The van der Waals surface area contributed by atoms with Gasteiger partial charge in [-0.05, 0) is 53.6 Å². The zero-order chi connectivity index (χ0) is 37.5. The lowest BCUT2D eigenvalue weighted by molar-refractivity contribution is 0.670. The number of rotatable bonds is 5. The van der Waals surface area contributed by atoms with Gasteiger partial charge in [-0.25, -0.2) is 9.97 Å². The Kier molecular flexibility index (Phi) is 6.86. The topological polar surface area (TPSA) is 48.8 Å². The van der Waals surface area contributed by atoms with Gasteiger partial charge in [-0.2, -0.15) is 0 Å². The molecule has 57 heavy (non-hydrogen) atoms. The zero-order valence-electron chi connectivity index (χ0n) is 30.7. The first-order valence-electron chi connectivity index (χ1n) is 19.3. The second-order valence-corrected chi connectivity index (χ2v) is 14.6. The van der Waals surface area contributed by atoms with Gasteiger partial charge >= 0.3 is 0 Å². The van der Waals surface area contributed by atoms with Crippen molar-refractivity contribution in [3.8, 4) is 45.3 Å². The lowest BCUT2D eigenvalue weighted by Gasteiger charge is -2.13. The van der Waals surface area contributed by atoms with Crippen molar-refractivity contribution in [1.29, 1.82) is 0 Å². The van der Waals surface area contributed by atoms with Crippen LogP contribution < -0.4 is 0 Å². The van der Waals surface area contributed by atoms with Gasteiger partial charge in [0.1, 0.15) is 17.0 Å². The Labute approximate surface area is 327 Å². The molecule has 0 N–H and O–H groups in total. The van der Waals surface area contributed by atoms with E-state index in [0.29, 0.717) is 5.82 Å². The van der Waals surface area contributed by atoms with Crippen LogP contribution in [-0.4, -0.2) is 19.1 Å². The first kappa shape index (κ1) is 31.6. The monoisotopic (exact) mass is 728 g/mol. The third-order valence-corrected chi connectivity index (χ3v) is 11.4. The summed E-state index contributed by atoms with van der Waals surface area (Å²) in [7, 11) is 0. The Morgan fingerprint density at radius 1 is 0.404 bits per heavy atom. The molecule has 4 heterocycles. The number of hydrogen-bond acceptors (Lipinski definition) is 3. The molecule has 0 bridgehead atoms. The molecule has 12 rings (SSSR count). The van der Waals surface area contributed by atoms with Crippen LogP contribution in [0.4, 0.5) is 0 Å². The van der Waals surface area contributed by atoms with Crippen LogP contribution in [0.15, 0.2) is 199 Å². The van der Waals surface area contributed by atoms with Crippen molar-refractivity contribution in [2.24, 2.45) is 0 Å². The van der Waals surface area contributed by atoms with E-state index in [1.54, 1.807) is 0 Å². The summed E-state index contributed by atoms with van der Waals surface area (Å²) < 4.78 is 11.3. The lowest BCUT2D eigenvalue weighted by atomic mass is 10.0. The normalized spacial score (nSPS) is 11.9. The molecule has 0 fully saturated rings. The van der Waals surface area contributed by atoms with E-state index in [4.69, 9.17) is 14.4 Å². The molecule has 0 aliphatic heterocycles. The number of aromatic nitrogens is 4. The molecule has 266 valence electrons.